The highest BCUT2D eigenvalue weighted by Gasteiger charge is 2.17. The maximum Gasteiger partial charge on any atom is 0.229 e. The number of hydrogen-bond acceptors (Lipinski definition) is 7. The number of allylic oxidation sites excluding steroid dienone is 1. The first kappa shape index (κ1) is 21.7. The zero-order valence-electron chi connectivity index (χ0n) is 18.4. The van der Waals surface area contributed by atoms with E-state index in [9.17, 15) is 9.18 Å². The second-order valence-electron chi connectivity index (χ2n) is 7.97. The van der Waals surface area contributed by atoms with Crippen LogP contribution >= 0.6 is 0 Å². The standard InChI is InChI=1S/C25H23FN6O2/c1-2-19(33)13-16-4-3-5-17(12-16)23-20-15-27-31-24(20)30-25(29-23)28-18-6-7-21(26)22(14-18)32-8-10-34-11-9-32/h2-7,12,14-15H,1,8-11,13H2,(H2,27,28,29,30,31). The van der Waals surface area contributed by atoms with Gasteiger partial charge in [-0.25, -0.2) is 9.37 Å². The largest absolute Gasteiger partial charge is 0.378 e. The van der Waals surface area contributed by atoms with Gasteiger partial charge in [0.1, 0.15) is 5.82 Å². The number of halogens is 1. The van der Waals surface area contributed by atoms with Crippen LogP contribution in [0.15, 0.2) is 61.3 Å². The van der Waals surface area contributed by atoms with E-state index in [1.165, 1.54) is 12.1 Å². The van der Waals surface area contributed by atoms with Crippen LogP contribution in [-0.4, -0.2) is 52.3 Å². The summed E-state index contributed by atoms with van der Waals surface area (Å²) in [7, 11) is 0. The normalized spacial score (nSPS) is 13.7. The number of hydrogen-bond donors (Lipinski definition) is 2. The van der Waals surface area contributed by atoms with E-state index < -0.39 is 0 Å². The third-order valence-electron chi connectivity index (χ3n) is 5.67. The Bertz CT molecular complexity index is 1360. The summed E-state index contributed by atoms with van der Waals surface area (Å²) >= 11 is 0. The number of nitrogens with zero attached hydrogens (tertiary/aromatic N) is 4. The van der Waals surface area contributed by atoms with Crippen molar-refractivity contribution in [3.05, 3.63) is 72.7 Å². The lowest BCUT2D eigenvalue weighted by molar-refractivity contribution is -0.114. The topological polar surface area (TPSA) is 96.0 Å². The molecular weight excluding hydrogens is 435 g/mol. The molecule has 0 spiro atoms. The lowest BCUT2D eigenvalue weighted by Crippen LogP contribution is -2.36. The van der Waals surface area contributed by atoms with Crippen LogP contribution in [-0.2, 0) is 16.0 Å². The van der Waals surface area contributed by atoms with Gasteiger partial charge in [-0.2, -0.15) is 10.1 Å². The molecule has 9 heteroatoms. The maximum atomic E-state index is 14.5. The number of rotatable bonds is 7. The van der Waals surface area contributed by atoms with Crippen molar-refractivity contribution in [3.8, 4) is 11.3 Å². The minimum absolute atomic E-state index is 0.0527. The Morgan fingerprint density at radius 3 is 2.88 bits per heavy atom. The Balaban J connectivity index is 1.49. The molecule has 0 unspecified atom stereocenters. The lowest BCUT2D eigenvalue weighted by Gasteiger charge is -2.29. The van der Waals surface area contributed by atoms with E-state index in [4.69, 9.17) is 9.72 Å². The van der Waals surface area contributed by atoms with Crippen molar-refractivity contribution < 1.29 is 13.9 Å². The molecule has 2 aromatic carbocycles. The quantitative estimate of drug-likeness (QED) is 0.404. The lowest BCUT2D eigenvalue weighted by atomic mass is 10.0. The van der Waals surface area contributed by atoms with Crippen molar-refractivity contribution in [2.24, 2.45) is 0 Å². The Hall–Kier alpha value is -4.11. The molecule has 172 valence electrons. The molecule has 0 saturated carbocycles. The molecule has 1 aliphatic heterocycles. The van der Waals surface area contributed by atoms with Crippen LogP contribution in [0, 0.1) is 5.82 Å². The van der Waals surface area contributed by atoms with Gasteiger partial charge in [-0.05, 0) is 35.9 Å². The minimum atomic E-state index is -0.288. The molecule has 34 heavy (non-hydrogen) atoms. The Morgan fingerprint density at radius 1 is 1.21 bits per heavy atom. The molecule has 0 amide bonds. The van der Waals surface area contributed by atoms with E-state index in [-0.39, 0.29) is 18.0 Å². The van der Waals surface area contributed by atoms with Crippen LogP contribution in [0.25, 0.3) is 22.3 Å². The first-order chi connectivity index (χ1) is 16.6. The number of ether oxygens (including phenoxy) is 1. The maximum absolute atomic E-state index is 14.5. The van der Waals surface area contributed by atoms with Crippen molar-refractivity contribution in [2.45, 2.75) is 6.42 Å². The van der Waals surface area contributed by atoms with Gasteiger partial charge < -0.3 is 15.0 Å². The van der Waals surface area contributed by atoms with Crippen LogP contribution < -0.4 is 10.2 Å². The van der Waals surface area contributed by atoms with Crippen molar-refractivity contribution in [3.63, 3.8) is 0 Å². The molecule has 4 aromatic rings. The van der Waals surface area contributed by atoms with Gasteiger partial charge in [-0.15, -0.1) is 0 Å². The number of aromatic nitrogens is 4. The Kier molecular flexibility index (Phi) is 6.01. The predicted octanol–water partition coefficient (Wildman–Crippen LogP) is 4.04. The van der Waals surface area contributed by atoms with Crippen molar-refractivity contribution >= 4 is 34.1 Å². The second-order valence-corrected chi connectivity index (χ2v) is 7.97. The number of ketones is 1. The number of H-pyrrole nitrogens is 1. The summed E-state index contributed by atoms with van der Waals surface area (Å²) in [6.45, 7) is 5.94. The van der Waals surface area contributed by atoms with Gasteiger partial charge in [0.25, 0.3) is 0 Å². The van der Waals surface area contributed by atoms with E-state index in [1.54, 1.807) is 18.3 Å². The van der Waals surface area contributed by atoms with E-state index in [2.05, 4.69) is 27.1 Å². The smallest absolute Gasteiger partial charge is 0.229 e. The summed E-state index contributed by atoms with van der Waals surface area (Å²) in [5, 5.41) is 11.0. The van der Waals surface area contributed by atoms with Gasteiger partial charge in [0.2, 0.25) is 5.95 Å². The van der Waals surface area contributed by atoms with Gasteiger partial charge in [-0.3, -0.25) is 9.89 Å². The molecule has 0 radical (unpaired) electrons. The van der Waals surface area contributed by atoms with Crippen LogP contribution in [0.3, 0.4) is 0 Å². The summed E-state index contributed by atoms with van der Waals surface area (Å²) in [6, 6.07) is 12.5. The fourth-order valence-corrected chi connectivity index (χ4v) is 3.98. The average molecular weight is 458 g/mol. The predicted molar refractivity (Wildman–Crippen MR) is 129 cm³/mol. The highest BCUT2D eigenvalue weighted by Crippen LogP contribution is 2.30. The zero-order chi connectivity index (χ0) is 23.5. The van der Waals surface area contributed by atoms with Gasteiger partial charge in [0, 0.05) is 30.8 Å². The number of carbonyl (C=O) groups excluding carboxylic acids is 1. The number of carbonyl (C=O) groups is 1. The van der Waals surface area contributed by atoms with E-state index >= 15 is 0 Å². The van der Waals surface area contributed by atoms with Crippen LogP contribution in [0.1, 0.15) is 5.56 Å². The average Bonchev–Trinajstić information content (AvgIpc) is 3.34. The summed E-state index contributed by atoms with van der Waals surface area (Å²) < 4.78 is 19.9. The first-order valence-corrected chi connectivity index (χ1v) is 11.0. The molecular formula is C25H23FN6O2. The highest BCUT2D eigenvalue weighted by molar-refractivity contribution is 5.93. The fraction of sp³-hybridized carbons (Fsp3) is 0.200. The second kappa shape index (κ2) is 9.40. The molecule has 1 saturated heterocycles. The van der Waals surface area contributed by atoms with E-state index in [0.717, 1.165) is 16.5 Å². The molecule has 2 aromatic heterocycles. The molecule has 0 aliphatic carbocycles. The SMILES string of the molecule is C=CC(=O)Cc1cccc(-c2nc(Nc3ccc(F)c(N4CCOCC4)c3)nc3[nH]ncc23)c1. The molecule has 3 heterocycles. The highest BCUT2D eigenvalue weighted by atomic mass is 19.1. The molecule has 5 rings (SSSR count). The van der Waals surface area contributed by atoms with Gasteiger partial charge >= 0.3 is 0 Å². The van der Waals surface area contributed by atoms with Crippen LogP contribution in [0.4, 0.5) is 21.7 Å². The third kappa shape index (κ3) is 4.51. The van der Waals surface area contributed by atoms with Crippen LogP contribution in [0.5, 0.6) is 0 Å². The van der Waals surface area contributed by atoms with Crippen molar-refractivity contribution in [1.82, 2.24) is 20.2 Å². The first-order valence-electron chi connectivity index (χ1n) is 11.0. The number of morpholine rings is 1. The number of aromatic amines is 1. The summed E-state index contributed by atoms with van der Waals surface area (Å²) in [5.74, 6) is 0.00542. The molecule has 2 N–H and O–H groups in total. The van der Waals surface area contributed by atoms with Crippen molar-refractivity contribution in [2.75, 3.05) is 36.5 Å². The third-order valence-corrected chi connectivity index (χ3v) is 5.67. The number of benzene rings is 2. The van der Waals surface area contributed by atoms with E-state index in [1.807, 2.05) is 29.2 Å². The number of nitrogens with one attached hydrogen (secondary N) is 2. The molecule has 0 bridgehead atoms. The van der Waals surface area contributed by atoms with Gasteiger partial charge in [0.15, 0.2) is 11.4 Å². The van der Waals surface area contributed by atoms with Gasteiger partial charge in [0.05, 0.1) is 36.2 Å². The molecule has 0 atom stereocenters. The number of anilines is 3. The molecule has 8 nitrogen and oxygen atoms in total. The summed E-state index contributed by atoms with van der Waals surface area (Å²) in [4.78, 5) is 23.0. The molecule has 1 fully saturated rings. The van der Waals surface area contributed by atoms with Crippen LogP contribution in [0.2, 0.25) is 0 Å². The summed E-state index contributed by atoms with van der Waals surface area (Å²) in [5.41, 5.74) is 4.11. The Labute approximate surface area is 195 Å². The van der Waals surface area contributed by atoms with Crippen molar-refractivity contribution in [1.29, 1.82) is 0 Å². The fourth-order valence-electron chi connectivity index (χ4n) is 3.98. The summed E-state index contributed by atoms with van der Waals surface area (Å²) in [6.07, 6.45) is 3.26. The number of fused-ring (bicyclic) bond motifs is 1. The van der Waals surface area contributed by atoms with E-state index in [0.29, 0.717) is 55.0 Å². The monoisotopic (exact) mass is 458 g/mol. The molecule has 1 aliphatic rings. The minimum Gasteiger partial charge on any atom is -0.378 e. The Morgan fingerprint density at radius 2 is 2.06 bits per heavy atom. The zero-order valence-corrected chi connectivity index (χ0v) is 18.4. The van der Waals surface area contributed by atoms with Gasteiger partial charge in [-0.1, -0.05) is 24.8 Å².